The lowest BCUT2D eigenvalue weighted by Gasteiger charge is -2.12. The Labute approximate surface area is 110 Å². The van der Waals surface area contributed by atoms with Gasteiger partial charge in [-0.15, -0.1) is 0 Å². The summed E-state index contributed by atoms with van der Waals surface area (Å²) in [6.07, 6.45) is 8.46. The highest BCUT2D eigenvalue weighted by atomic mass is 15.3. The van der Waals surface area contributed by atoms with E-state index in [2.05, 4.69) is 35.9 Å². The molecular formula is C15H25N3. The van der Waals surface area contributed by atoms with Gasteiger partial charge in [0.2, 0.25) is 0 Å². The van der Waals surface area contributed by atoms with Gasteiger partial charge in [0, 0.05) is 24.7 Å². The third-order valence-corrected chi connectivity index (χ3v) is 5.12. The molecular weight excluding hydrogens is 222 g/mol. The molecule has 18 heavy (non-hydrogen) atoms. The van der Waals surface area contributed by atoms with Gasteiger partial charge in [-0.1, -0.05) is 13.3 Å². The van der Waals surface area contributed by atoms with Crippen molar-refractivity contribution >= 4 is 0 Å². The van der Waals surface area contributed by atoms with Gasteiger partial charge in [0.25, 0.3) is 0 Å². The lowest BCUT2D eigenvalue weighted by Crippen LogP contribution is -2.27. The maximum absolute atomic E-state index is 6.37. The van der Waals surface area contributed by atoms with E-state index in [-0.39, 0.29) is 0 Å². The maximum Gasteiger partial charge on any atom is 0.0640 e. The van der Waals surface area contributed by atoms with E-state index in [0.29, 0.717) is 12.1 Å². The standard InChI is InChI=1S/C15H25N3/c1-3-10(2)18-8-7-11(17-18)9-14(16)15-12-5-4-6-13(12)15/h7-8,10,12-15H,3-6,9,16H2,1-2H3. The lowest BCUT2D eigenvalue weighted by molar-refractivity contribution is 0.457. The second kappa shape index (κ2) is 4.69. The normalized spacial score (nSPS) is 33.2. The Morgan fingerprint density at radius 1 is 1.44 bits per heavy atom. The van der Waals surface area contributed by atoms with Crippen LogP contribution >= 0.6 is 0 Å². The van der Waals surface area contributed by atoms with Crippen LogP contribution in [0.5, 0.6) is 0 Å². The van der Waals surface area contributed by atoms with Crippen LogP contribution in [0, 0.1) is 17.8 Å². The van der Waals surface area contributed by atoms with Crippen molar-refractivity contribution < 1.29 is 0 Å². The fraction of sp³-hybridized carbons (Fsp3) is 0.800. The van der Waals surface area contributed by atoms with Gasteiger partial charge in [0.1, 0.15) is 0 Å². The van der Waals surface area contributed by atoms with Crippen molar-refractivity contribution in [1.29, 1.82) is 0 Å². The Hall–Kier alpha value is -0.830. The van der Waals surface area contributed by atoms with Gasteiger partial charge in [-0.25, -0.2) is 0 Å². The summed E-state index contributed by atoms with van der Waals surface area (Å²) < 4.78 is 2.08. The molecule has 0 spiro atoms. The molecule has 2 N–H and O–H groups in total. The number of nitrogens with zero attached hydrogens (tertiary/aromatic N) is 2. The number of hydrogen-bond acceptors (Lipinski definition) is 2. The van der Waals surface area contributed by atoms with Gasteiger partial charge < -0.3 is 5.73 Å². The summed E-state index contributed by atoms with van der Waals surface area (Å²) in [5.74, 6) is 2.71. The summed E-state index contributed by atoms with van der Waals surface area (Å²) in [6, 6.07) is 2.97. The highest BCUT2D eigenvalue weighted by Crippen LogP contribution is 2.58. The molecule has 3 heteroatoms. The van der Waals surface area contributed by atoms with Gasteiger partial charge >= 0.3 is 0 Å². The number of aromatic nitrogens is 2. The van der Waals surface area contributed by atoms with Gasteiger partial charge in [-0.2, -0.15) is 5.10 Å². The van der Waals surface area contributed by atoms with E-state index < -0.39 is 0 Å². The zero-order valence-corrected chi connectivity index (χ0v) is 11.5. The van der Waals surface area contributed by atoms with Gasteiger partial charge in [0.15, 0.2) is 0 Å². The summed E-state index contributed by atoms with van der Waals surface area (Å²) in [6.45, 7) is 4.41. The van der Waals surface area contributed by atoms with E-state index in [4.69, 9.17) is 5.73 Å². The Kier molecular flexibility index (Phi) is 3.18. The summed E-state index contributed by atoms with van der Waals surface area (Å²) >= 11 is 0. The van der Waals surface area contributed by atoms with Crippen LogP contribution in [0.25, 0.3) is 0 Å². The minimum Gasteiger partial charge on any atom is -0.327 e. The number of hydrogen-bond donors (Lipinski definition) is 1. The monoisotopic (exact) mass is 247 g/mol. The number of rotatable bonds is 5. The summed E-state index contributed by atoms with van der Waals surface area (Å²) in [7, 11) is 0. The van der Waals surface area contributed by atoms with Gasteiger partial charge in [0.05, 0.1) is 5.69 Å². The molecule has 1 aromatic heterocycles. The van der Waals surface area contributed by atoms with Crippen molar-refractivity contribution in [2.45, 2.75) is 58.0 Å². The molecule has 4 unspecified atom stereocenters. The van der Waals surface area contributed by atoms with E-state index in [9.17, 15) is 0 Å². The Bertz CT molecular complexity index is 402. The van der Waals surface area contributed by atoms with Crippen molar-refractivity contribution in [3.05, 3.63) is 18.0 Å². The highest BCUT2D eigenvalue weighted by molar-refractivity contribution is 5.10. The van der Waals surface area contributed by atoms with Crippen LogP contribution in [0.1, 0.15) is 51.3 Å². The molecule has 3 rings (SSSR count). The van der Waals surface area contributed by atoms with Gasteiger partial charge in [-0.05, 0) is 50.0 Å². The van der Waals surface area contributed by atoms with E-state index >= 15 is 0 Å². The van der Waals surface area contributed by atoms with Crippen LogP contribution in [0.4, 0.5) is 0 Å². The second-order valence-electron chi connectivity index (χ2n) is 6.25. The summed E-state index contributed by atoms with van der Waals surface area (Å²) in [5.41, 5.74) is 7.54. The first-order valence-electron chi connectivity index (χ1n) is 7.50. The molecule has 0 aliphatic heterocycles. The molecule has 1 heterocycles. The zero-order chi connectivity index (χ0) is 12.7. The quantitative estimate of drug-likeness (QED) is 0.869. The molecule has 2 aliphatic rings. The Balaban J connectivity index is 1.58. The van der Waals surface area contributed by atoms with Crippen LogP contribution in [0.3, 0.4) is 0 Å². The topological polar surface area (TPSA) is 43.8 Å². The largest absolute Gasteiger partial charge is 0.327 e. The lowest BCUT2D eigenvalue weighted by atomic mass is 10.0. The minimum absolute atomic E-state index is 0.334. The van der Waals surface area contributed by atoms with Crippen molar-refractivity contribution in [3.63, 3.8) is 0 Å². The fourth-order valence-electron chi connectivity index (χ4n) is 3.81. The molecule has 100 valence electrons. The molecule has 0 amide bonds. The first kappa shape index (κ1) is 12.2. The first-order chi connectivity index (χ1) is 8.70. The molecule has 3 nitrogen and oxygen atoms in total. The average molecular weight is 247 g/mol. The third kappa shape index (κ3) is 2.09. The summed E-state index contributed by atoms with van der Waals surface area (Å²) in [4.78, 5) is 0. The van der Waals surface area contributed by atoms with Crippen molar-refractivity contribution in [2.75, 3.05) is 0 Å². The molecule has 0 radical (unpaired) electrons. The third-order valence-electron chi connectivity index (χ3n) is 5.12. The molecule has 0 bridgehead atoms. The van der Waals surface area contributed by atoms with E-state index in [1.807, 2.05) is 0 Å². The molecule has 0 saturated heterocycles. The minimum atomic E-state index is 0.334. The molecule has 1 aromatic rings. The van der Waals surface area contributed by atoms with E-state index in [0.717, 1.165) is 30.6 Å². The predicted molar refractivity (Wildman–Crippen MR) is 73.2 cm³/mol. The number of fused-ring (bicyclic) bond motifs is 1. The van der Waals surface area contributed by atoms with Crippen molar-refractivity contribution in [1.82, 2.24) is 9.78 Å². The van der Waals surface area contributed by atoms with Crippen molar-refractivity contribution in [3.8, 4) is 0 Å². The van der Waals surface area contributed by atoms with Crippen LogP contribution in [0.15, 0.2) is 12.3 Å². The fourth-order valence-corrected chi connectivity index (χ4v) is 3.81. The SMILES string of the molecule is CCC(C)n1ccc(CC(N)C2C3CCCC32)n1. The predicted octanol–water partition coefficient (Wildman–Crippen LogP) is 2.77. The smallest absolute Gasteiger partial charge is 0.0640 e. The Morgan fingerprint density at radius 3 is 2.83 bits per heavy atom. The number of nitrogens with two attached hydrogens (primary N) is 1. The van der Waals surface area contributed by atoms with E-state index in [1.54, 1.807) is 0 Å². The molecule has 2 fully saturated rings. The second-order valence-corrected chi connectivity index (χ2v) is 6.25. The molecule has 2 saturated carbocycles. The zero-order valence-electron chi connectivity index (χ0n) is 11.5. The molecule has 0 aromatic carbocycles. The summed E-state index contributed by atoms with van der Waals surface area (Å²) in [5, 5.41) is 4.66. The Morgan fingerprint density at radius 2 is 2.17 bits per heavy atom. The van der Waals surface area contributed by atoms with Crippen LogP contribution < -0.4 is 5.73 Å². The molecule has 2 aliphatic carbocycles. The van der Waals surface area contributed by atoms with Crippen molar-refractivity contribution in [2.24, 2.45) is 23.5 Å². The van der Waals surface area contributed by atoms with Gasteiger partial charge in [-0.3, -0.25) is 4.68 Å². The van der Waals surface area contributed by atoms with Crippen LogP contribution in [-0.4, -0.2) is 15.8 Å². The van der Waals surface area contributed by atoms with Crippen LogP contribution in [0.2, 0.25) is 0 Å². The van der Waals surface area contributed by atoms with Crippen LogP contribution in [-0.2, 0) is 6.42 Å². The van der Waals surface area contributed by atoms with E-state index in [1.165, 1.54) is 25.0 Å². The average Bonchev–Trinajstić information content (AvgIpc) is 2.76. The maximum atomic E-state index is 6.37. The highest BCUT2D eigenvalue weighted by Gasteiger charge is 2.54. The molecule has 4 atom stereocenters. The first-order valence-corrected chi connectivity index (χ1v) is 7.50.